The van der Waals surface area contributed by atoms with Crippen LogP contribution in [0.4, 0.5) is 5.69 Å². The average molecular weight is 382 g/mol. The molecule has 0 bridgehead atoms. The number of hydrogen-bond donors (Lipinski definition) is 2. The van der Waals surface area contributed by atoms with Gasteiger partial charge in [-0.1, -0.05) is 29.3 Å². The number of ether oxygens (including phenoxy) is 1. The molecule has 8 heteroatoms. The maximum Gasteiger partial charge on any atom is 0.274 e. The second-order valence-electron chi connectivity index (χ2n) is 5.08. The van der Waals surface area contributed by atoms with E-state index in [1.807, 2.05) is 0 Å². The van der Waals surface area contributed by atoms with Crippen LogP contribution in [0, 0.1) is 0 Å². The monoisotopic (exact) mass is 381 g/mol. The van der Waals surface area contributed by atoms with Crippen LogP contribution in [0.5, 0.6) is 0 Å². The van der Waals surface area contributed by atoms with Crippen molar-refractivity contribution >= 4 is 40.7 Å². The third-order valence-corrected chi connectivity index (χ3v) is 3.90. The lowest BCUT2D eigenvalue weighted by Gasteiger charge is -2.09. The Morgan fingerprint density at radius 1 is 1.16 bits per heavy atom. The van der Waals surface area contributed by atoms with Gasteiger partial charge in [0.05, 0.1) is 15.7 Å². The van der Waals surface area contributed by atoms with Crippen molar-refractivity contribution in [3.05, 3.63) is 57.8 Å². The molecule has 1 aromatic carbocycles. The molecule has 0 aliphatic carbocycles. The molecule has 2 aromatic rings. The van der Waals surface area contributed by atoms with Gasteiger partial charge in [0.25, 0.3) is 11.8 Å². The molecule has 0 spiro atoms. The minimum absolute atomic E-state index is 0.0838. The third kappa shape index (κ3) is 5.42. The number of rotatable bonds is 7. The number of carbonyl (C=O) groups excluding carboxylic acids is 2. The molecule has 6 nitrogen and oxygen atoms in total. The second kappa shape index (κ2) is 9.36. The zero-order valence-electron chi connectivity index (χ0n) is 13.5. The van der Waals surface area contributed by atoms with Crippen LogP contribution in [0.15, 0.2) is 36.5 Å². The number of carbonyl (C=O) groups is 2. The fourth-order valence-corrected chi connectivity index (χ4v) is 2.50. The number of nitrogens with one attached hydrogen (secondary N) is 2. The van der Waals surface area contributed by atoms with Crippen LogP contribution in [-0.2, 0) is 4.74 Å². The first-order chi connectivity index (χ1) is 12.0. The summed E-state index contributed by atoms with van der Waals surface area (Å²) in [5, 5.41) is 5.98. The topological polar surface area (TPSA) is 80.3 Å². The van der Waals surface area contributed by atoms with Gasteiger partial charge in [-0.2, -0.15) is 0 Å². The Kier molecular flexibility index (Phi) is 7.18. The summed E-state index contributed by atoms with van der Waals surface area (Å²) in [5.41, 5.74) is 0.718. The van der Waals surface area contributed by atoms with Crippen LogP contribution < -0.4 is 10.6 Å². The number of halogens is 2. The van der Waals surface area contributed by atoms with Crippen molar-refractivity contribution < 1.29 is 14.3 Å². The zero-order valence-corrected chi connectivity index (χ0v) is 15.0. The van der Waals surface area contributed by atoms with E-state index in [9.17, 15) is 9.59 Å². The summed E-state index contributed by atoms with van der Waals surface area (Å²) in [6.07, 6.45) is 2.10. The molecule has 2 rings (SSSR count). The fourth-order valence-electron chi connectivity index (χ4n) is 2.01. The molecule has 0 aliphatic heterocycles. The Hall–Kier alpha value is -2.15. The number of para-hydroxylation sites is 1. The highest BCUT2D eigenvalue weighted by Gasteiger charge is 2.14. The molecular formula is C17H17Cl2N3O3. The average Bonchev–Trinajstić information content (AvgIpc) is 2.61. The van der Waals surface area contributed by atoms with Crippen LogP contribution in [0.2, 0.25) is 10.0 Å². The molecule has 0 fully saturated rings. The van der Waals surface area contributed by atoms with E-state index in [0.29, 0.717) is 40.9 Å². The molecule has 0 radical (unpaired) electrons. The summed E-state index contributed by atoms with van der Waals surface area (Å²) < 4.78 is 4.92. The number of aromatic nitrogens is 1. The van der Waals surface area contributed by atoms with Crippen molar-refractivity contribution in [1.29, 1.82) is 0 Å². The van der Waals surface area contributed by atoms with E-state index in [0.717, 1.165) is 0 Å². The summed E-state index contributed by atoms with van der Waals surface area (Å²) in [6.45, 7) is 1.04. The minimum Gasteiger partial charge on any atom is -0.385 e. The van der Waals surface area contributed by atoms with Gasteiger partial charge in [-0.15, -0.1) is 0 Å². The first-order valence-electron chi connectivity index (χ1n) is 7.51. The number of pyridine rings is 1. The zero-order chi connectivity index (χ0) is 18.2. The summed E-state index contributed by atoms with van der Waals surface area (Å²) in [5.74, 6) is -0.799. The standard InChI is InChI=1S/C17H17Cl2N3O3/c1-25-9-3-7-21-16(23)11-6-8-20-14(10-11)17(24)22-15-12(18)4-2-5-13(15)19/h2,4-6,8,10H,3,7,9H2,1H3,(H,21,23)(H,22,24). The summed E-state index contributed by atoms with van der Waals surface area (Å²) in [6, 6.07) is 7.84. The van der Waals surface area contributed by atoms with E-state index in [2.05, 4.69) is 15.6 Å². The Balaban J connectivity index is 2.07. The largest absolute Gasteiger partial charge is 0.385 e. The Morgan fingerprint density at radius 3 is 2.56 bits per heavy atom. The first-order valence-corrected chi connectivity index (χ1v) is 8.27. The molecular weight excluding hydrogens is 365 g/mol. The van der Waals surface area contributed by atoms with Gasteiger partial charge in [0, 0.05) is 32.0 Å². The summed E-state index contributed by atoms with van der Waals surface area (Å²) in [7, 11) is 1.60. The van der Waals surface area contributed by atoms with E-state index in [1.165, 1.54) is 18.3 Å². The van der Waals surface area contributed by atoms with Crippen molar-refractivity contribution in [3.8, 4) is 0 Å². The smallest absolute Gasteiger partial charge is 0.274 e. The maximum absolute atomic E-state index is 12.4. The van der Waals surface area contributed by atoms with Gasteiger partial charge in [0.2, 0.25) is 0 Å². The second-order valence-corrected chi connectivity index (χ2v) is 5.90. The molecule has 0 unspecified atom stereocenters. The Morgan fingerprint density at radius 2 is 1.88 bits per heavy atom. The van der Waals surface area contributed by atoms with E-state index in [-0.39, 0.29) is 11.6 Å². The van der Waals surface area contributed by atoms with E-state index in [4.69, 9.17) is 27.9 Å². The molecule has 1 aromatic heterocycles. The number of anilines is 1. The van der Waals surface area contributed by atoms with Crippen LogP contribution in [0.3, 0.4) is 0 Å². The lowest BCUT2D eigenvalue weighted by atomic mass is 10.2. The Bertz CT molecular complexity index is 748. The van der Waals surface area contributed by atoms with Gasteiger partial charge in [0.15, 0.2) is 0 Å². The molecule has 0 saturated carbocycles. The molecule has 0 atom stereocenters. The van der Waals surface area contributed by atoms with E-state index >= 15 is 0 Å². The first kappa shape index (κ1) is 19.2. The van der Waals surface area contributed by atoms with Crippen molar-refractivity contribution in [2.45, 2.75) is 6.42 Å². The van der Waals surface area contributed by atoms with E-state index in [1.54, 1.807) is 25.3 Å². The molecule has 0 aliphatic rings. The van der Waals surface area contributed by atoms with Crippen LogP contribution >= 0.6 is 23.2 Å². The normalized spacial score (nSPS) is 10.4. The van der Waals surface area contributed by atoms with Crippen molar-refractivity contribution in [1.82, 2.24) is 10.3 Å². The van der Waals surface area contributed by atoms with Crippen molar-refractivity contribution in [2.75, 3.05) is 25.6 Å². The lowest BCUT2D eigenvalue weighted by molar-refractivity contribution is 0.0948. The minimum atomic E-state index is -0.510. The summed E-state index contributed by atoms with van der Waals surface area (Å²) in [4.78, 5) is 28.4. The Labute approximate surface area is 155 Å². The summed E-state index contributed by atoms with van der Waals surface area (Å²) >= 11 is 12.1. The highest BCUT2D eigenvalue weighted by Crippen LogP contribution is 2.30. The number of methoxy groups -OCH3 is 1. The quantitative estimate of drug-likeness (QED) is 0.720. The molecule has 25 heavy (non-hydrogen) atoms. The van der Waals surface area contributed by atoms with Crippen LogP contribution in [0.25, 0.3) is 0 Å². The molecule has 0 saturated heterocycles. The number of benzene rings is 1. The third-order valence-electron chi connectivity index (χ3n) is 3.27. The number of amides is 2. The number of nitrogens with zero attached hydrogens (tertiary/aromatic N) is 1. The highest BCUT2D eigenvalue weighted by atomic mass is 35.5. The van der Waals surface area contributed by atoms with Gasteiger partial charge in [-0.25, -0.2) is 0 Å². The van der Waals surface area contributed by atoms with Gasteiger partial charge >= 0.3 is 0 Å². The SMILES string of the molecule is COCCCNC(=O)c1ccnc(C(=O)Nc2c(Cl)cccc2Cl)c1. The van der Waals surface area contributed by atoms with Crippen LogP contribution in [-0.4, -0.2) is 37.1 Å². The lowest BCUT2D eigenvalue weighted by Crippen LogP contribution is -2.26. The fraction of sp³-hybridized carbons (Fsp3) is 0.235. The van der Waals surface area contributed by atoms with E-state index < -0.39 is 5.91 Å². The van der Waals surface area contributed by atoms with Gasteiger partial charge in [0.1, 0.15) is 5.69 Å². The van der Waals surface area contributed by atoms with Gasteiger partial charge in [-0.05, 0) is 30.7 Å². The number of hydrogen-bond acceptors (Lipinski definition) is 4. The van der Waals surface area contributed by atoms with Crippen LogP contribution in [0.1, 0.15) is 27.3 Å². The van der Waals surface area contributed by atoms with Crippen molar-refractivity contribution in [2.24, 2.45) is 0 Å². The predicted octanol–water partition coefficient (Wildman–Crippen LogP) is 3.41. The highest BCUT2D eigenvalue weighted by molar-refractivity contribution is 6.40. The molecule has 1 heterocycles. The van der Waals surface area contributed by atoms with Gasteiger partial charge < -0.3 is 15.4 Å². The van der Waals surface area contributed by atoms with Gasteiger partial charge in [-0.3, -0.25) is 14.6 Å². The molecule has 132 valence electrons. The predicted molar refractivity (Wildman–Crippen MR) is 97.5 cm³/mol. The maximum atomic E-state index is 12.4. The van der Waals surface area contributed by atoms with Crippen molar-refractivity contribution in [3.63, 3.8) is 0 Å². The molecule has 2 amide bonds. The molecule has 2 N–H and O–H groups in total.